The van der Waals surface area contributed by atoms with Crippen LogP contribution in [0.2, 0.25) is 0 Å². The molecule has 0 bridgehead atoms. The predicted molar refractivity (Wildman–Crippen MR) is 93.0 cm³/mol. The van der Waals surface area contributed by atoms with E-state index in [-0.39, 0.29) is 20.1 Å². The molecule has 1 radical (unpaired) electrons. The van der Waals surface area contributed by atoms with Gasteiger partial charge in [0.15, 0.2) is 0 Å². The summed E-state index contributed by atoms with van der Waals surface area (Å²) in [5, 5.41) is 5.49. The van der Waals surface area contributed by atoms with Crippen molar-refractivity contribution in [1.29, 1.82) is 0 Å². The molecule has 0 saturated carbocycles. The fourth-order valence-electron chi connectivity index (χ4n) is 2.85. The molecule has 0 atom stereocenters. The van der Waals surface area contributed by atoms with Gasteiger partial charge in [-0.2, -0.15) is 16.4 Å². The molecule has 0 fully saturated rings. The smallest absolute Gasteiger partial charge is 0.127 e. The van der Waals surface area contributed by atoms with E-state index in [1.54, 1.807) is 17.7 Å². The van der Waals surface area contributed by atoms with Crippen molar-refractivity contribution in [3.8, 4) is 17.1 Å². The fraction of sp³-hybridized carbons (Fsp3) is 0.167. The van der Waals surface area contributed by atoms with E-state index >= 15 is 0 Å². The molecule has 24 heavy (non-hydrogen) atoms. The molecule has 0 aliphatic carbocycles. The van der Waals surface area contributed by atoms with Crippen LogP contribution >= 0.6 is 11.3 Å². The summed E-state index contributed by atoms with van der Waals surface area (Å²) in [5.41, 5.74) is 5.30. The summed E-state index contributed by atoms with van der Waals surface area (Å²) in [6.07, 6.45) is 1.59. The zero-order chi connectivity index (χ0) is 16.0. The first kappa shape index (κ1) is 17.0. The van der Waals surface area contributed by atoms with Gasteiger partial charge in [-0.05, 0) is 42.1 Å². The summed E-state index contributed by atoms with van der Waals surface area (Å²) >= 11 is 1.68. The van der Waals surface area contributed by atoms with Gasteiger partial charge in [-0.15, -0.1) is 23.8 Å². The first-order valence-electron chi connectivity index (χ1n) is 7.39. The molecule has 4 rings (SSSR count). The third-order valence-corrected chi connectivity index (χ3v) is 4.80. The van der Waals surface area contributed by atoms with Crippen LogP contribution in [0.15, 0.2) is 36.7 Å². The summed E-state index contributed by atoms with van der Waals surface area (Å²) in [7, 11) is 0. The Morgan fingerprint density at radius 2 is 1.88 bits per heavy atom. The van der Waals surface area contributed by atoms with Gasteiger partial charge in [-0.1, -0.05) is 18.2 Å². The van der Waals surface area contributed by atoms with Crippen LogP contribution in [-0.2, 0) is 20.1 Å². The molecular formula is C18H15IrN4S-. The number of aromatic nitrogens is 4. The second kappa shape index (κ2) is 6.55. The standard InChI is InChI=1S/C18H15N4S.Ir/c1-11-5-4-6-12(2)17(11)22-18(19-10-20-22)14-7-8-16-15(9-14)21-13(3)23-16;/h4-6,8-10H,1-3H3;/q-1;. The number of rotatable bonds is 2. The number of thiazole rings is 1. The molecule has 0 aliphatic heterocycles. The predicted octanol–water partition coefficient (Wildman–Crippen LogP) is 4.27. The zero-order valence-electron chi connectivity index (χ0n) is 13.5. The molecule has 0 aliphatic rings. The maximum absolute atomic E-state index is 4.56. The molecule has 2 aromatic carbocycles. The maximum atomic E-state index is 4.56. The molecule has 0 unspecified atom stereocenters. The summed E-state index contributed by atoms with van der Waals surface area (Å²) in [4.78, 5) is 9.02. The van der Waals surface area contributed by atoms with Crippen LogP contribution in [0, 0.1) is 26.8 Å². The molecule has 2 aromatic heterocycles. The Kier molecular flexibility index (Phi) is 4.63. The van der Waals surface area contributed by atoms with Crippen molar-refractivity contribution >= 4 is 21.6 Å². The van der Waals surface area contributed by atoms with E-state index in [0.717, 1.165) is 32.3 Å². The minimum Gasteiger partial charge on any atom is -0.264 e. The van der Waals surface area contributed by atoms with E-state index in [9.17, 15) is 0 Å². The first-order valence-corrected chi connectivity index (χ1v) is 8.21. The van der Waals surface area contributed by atoms with E-state index < -0.39 is 0 Å². The zero-order valence-corrected chi connectivity index (χ0v) is 16.7. The first-order chi connectivity index (χ1) is 11.1. The van der Waals surface area contributed by atoms with E-state index in [4.69, 9.17) is 0 Å². The van der Waals surface area contributed by atoms with Crippen molar-refractivity contribution in [2.45, 2.75) is 20.8 Å². The van der Waals surface area contributed by atoms with Crippen LogP contribution in [0.1, 0.15) is 16.1 Å². The molecule has 2 heterocycles. The molecule has 0 saturated heterocycles. The van der Waals surface area contributed by atoms with Crippen molar-refractivity contribution in [2.24, 2.45) is 0 Å². The normalized spacial score (nSPS) is 10.8. The molecule has 6 heteroatoms. The molecule has 4 nitrogen and oxygen atoms in total. The number of hydrogen-bond donors (Lipinski definition) is 0. The molecule has 0 amide bonds. The second-order valence-electron chi connectivity index (χ2n) is 5.56. The van der Waals surface area contributed by atoms with E-state index in [1.165, 1.54) is 11.1 Å². The second-order valence-corrected chi connectivity index (χ2v) is 6.80. The molecular weight excluding hydrogens is 497 g/mol. The van der Waals surface area contributed by atoms with E-state index in [0.29, 0.717) is 0 Å². The Morgan fingerprint density at radius 3 is 2.62 bits per heavy atom. The quantitative estimate of drug-likeness (QED) is 0.378. The number of nitrogens with zero attached hydrogens (tertiary/aromatic N) is 4. The fourth-order valence-corrected chi connectivity index (χ4v) is 3.63. The van der Waals surface area contributed by atoms with Crippen molar-refractivity contribution in [1.82, 2.24) is 19.7 Å². The average Bonchev–Trinajstić information content (AvgIpc) is 3.11. The Morgan fingerprint density at radius 1 is 1.12 bits per heavy atom. The van der Waals surface area contributed by atoms with Crippen molar-refractivity contribution < 1.29 is 20.1 Å². The van der Waals surface area contributed by atoms with Gasteiger partial charge in [0.1, 0.15) is 6.33 Å². The topological polar surface area (TPSA) is 43.6 Å². The average molecular weight is 512 g/mol. The Hall–Kier alpha value is -1.88. The Balaban J connectivity index is 0.00000169. The summed E-state index contributed by atoms with van der Waals surface area (Å²) < 4.78 is 3.03. The van der Waals surface area contributed by atoms with E-state index in [2.05, 4.69) is 53.2 Å². The molecule has 123 valence electrons. The van der Waals surface area contributed by atoms with Gasteiger partial charge in [0.05, 0.1) is 16.5 Å². The number of aryl methyl sites for hydroxylation is 3. The minimum atomic E-state index is 0. The summed E-state index contributed by atoms with van der Waals surface area (Å²) in [5.74, 6) is 0.787. The van der Waals surface area contributed by atoms with Gasteiger partial charge in [0, 0.05) is 20.1 Å². The minimum absolute atomic E-state index is 0. The van der Waals surface area contributed by atoms with Crippen molar-refractivity contribution in [2.75, 3.05) is 0 Å². The largest absolute Gasteiger partial charge is 0.264 e. The Bertz CT molecular complexity index is 999. The number of para-hydroxylation sites is 1. The van der Waals surface area contributed by atoms with Gasteiger partial charge in [-0.25, -0.2) is 0 Å². The summed E-state index contributed by atoms with van der Waals surface area (Å²) in [6, 6.07) is 13.6. The number of benzene rings is 2. The van der Waals surface area contributed by atoms with Gasteiger partial charge < -0.3 is 0 Å². The van der Waals surface area contributed by atoms with Gasteiger partial charge in [0.2, 0.25) is 0 Å². The van der Waals surface area contributed by atoms with Gasteiger partial charge in [0.25, 0.3) is 0 Å². The molecule has 0 spiro atoms. The van der Waals surface area contributed by atoms with E-state index in [1.807, 2.05) is 23.7 Å². The number of fused-ring (bicyclic) bond motifs is 1. The van der Waals surface area contributed by atoms with Crippen LogP contribution in [-0.4, -0.2) is 19.7 Å². The van der Waals surface area contributed by atoms with Crippen molar-refractivity contribution in [3.63, 3.8) is 0 Å². The SMILES string of the molecule is Cc1nc2cc(-c3ncnn3-c3c(C)cccc3C)[c-]cc2s1.[Ir]. The third-order valence-electron chi connectivity index (χ3n) is 3.87. The van der Waals surface area contributed by atoms with Crippen LogP contribution in [0.5, 0.6) is 0 Å². The van der Waals surface area contributed by atoms with Crippen molar-refractivity contribution in [3.05, 3.63) is 58.9 Å². The van der Waals surface area contributed by atoms with Crippen LogP contribution in [0.25, 0.3) is 27.3 Å². The van der Waals surface area contributed by atoms with Crippen LogP contribution < -0.4 is 0 Å². The van der Waals surface area contributed by atoms with Crippen LogP contribution in [0.4, 0.5) is 0 Å². The van der Waals surface area contributed by atoms with Gasteiger partial charge in [-0.3, -0.25) is 14.6 Å². The third kappa shape index (κ3) is 2.81. The number of hydrogen-bond acceptors (Lipinski definition) is 4. The summed E-state index contributed by atoms with van der Waals surface area (Å²) in [6.45, 7) is 6.19. The molecule has 4 aromatic rings. The van der Waals surface area contributed by atoms with Crippen LogP contribution in [0.3, 0.4) is 0 Å². The Labute approximate surface area is 157 Å². The maximum Gasteiger partial charge on any atom is 0.127 e. The molecule has 0 N–H and O–H groups in total. The van der Waals surface area contributed by atoms with Gasteiger partial charge >= 0.3 is 0 Å². The monoisotopic (exact) mass is 512 g/mol.